The van der Waals surface area contributed by atoms with Crippen LogP contribution in [0, 0.1) is 22.7 Å². The maximum absolute atomic E-state index is 13.6. The molecule has 1 aromatic carbocycles. The van der Waals surface area contributed by atoms with E-state index in [1.165, 1.54) is 0 Å². The summed E-state index contributed by atoms with van der Waals surface area (Å²) in [5, 5.41) is 10.5. The van der Waals surface area contributed by atoms with E-state index in [9.17, 15) is 14.9 Å². The minimum absolute atomic E-state index is 0.0228. The third-order valence-corrected chi connectivity index (χ3v) is 7.24. The lowest BCUT2D eigenvalue weighted by Crippen LogP contribution is -2.51. The van der Waals surface area contributed by atoms with E-state index in [4.69, 9.17) is 0 Å². The Morgan fingerprint density at radius 2 is 1.69 bits per heavy atom. The lowest BCUT2D eigenvalue weighted by Gasteiger charge is -2.39. The van der Waals surface area contributed by atoms with Crippen LogP contribution >= 0.6 is 0 Å². The van der Waals surface area contributed by atoms with Gasteiger partial charge in [-0.25, -0.2) is 0 Å². The Bertz CT molecular complexity index is 1090. The van der Waals surface area contributed by atoms with E-state index in [0.29, 0.717) is 31.7 Å². The number of fused-ring (bicyclic) bond motifs is 1. The highest BCUT2D eigenvalue weighted by Crippen LogP contribution is 2.37. The van der Waals surface area contributed by atoms with Crippen molar-refractivity contribution in [2.45, 2.75) is 32.6 Å². The average molecular weight is 432 g/mol. The highest BCUT2D eigenvalue weighted by molar-refractivity contribution is 6.07. The largest absolute Gasteiger partial charge is 0.370 e. The Morgan fingerprint density at radius 1 is 1.03 bits per heavy atom. The number of para-hydroxylation sites is 1. The van der Waals surface area contributed by atoms with Crippen molar-refractivity contribution in [1.29, 1.82) is 5.26 Å². The molecule has 0 radical (unpaired) electrons. The average Bonchev–Trinajstić information content (AvgIpc) is 3.69. The first-order chi connectivity index (χ1) is 15.5. The first-order valence-electron chi connectivity index (χ1n) is 11.6. The highest BCUT2D eigenvalue weighted by atomic mass is 16.2. The van der Waals surface area contributed by atoms with Crippen LogP contribution in [0.15, 0.2) is 30.5 Å². The van der Waals surface area contributed by atoms with Crippen molar-refractivity contribution in [3.05, 3.63) is 36.0 Å². The van der Waals surface area contributed by atoms with Gasteiger partial charge in [0.1, 0.15) is 0 Å². The lowest BCUT2D eigenvalue weighted by molar-refractivity contribution is -0.134. The molecule has 0 unspecified atom stereocenters. The number of amides is 2. The molecule has 32 heavy (non-hydrogen) atoms. The van der Waals surface area contributed by atoms with Crippen LogP contribution in [-0.2, 0) is 4.79 Å². The van der Waals surface area contributed by atoms with Crippen LogP contribution in [0.2, 0.25) is 0 Å². The number of hydrogen-bond acceptors (Lipinski definition) is 5. The van der Waals surface area contributed by atoms with Gasteiger partial charge in [-0.3, -0.25) is 14.6 Å². The molecule has 7 heteroatoms. The van der Waals surface area contributed by atoms with Gasteiger partial charge in [-0.15, -0.1) is 0 Å². The van der Waals surface area contributed by atoms with E-state index in [-0.39, 0.29) is 23.1 Å². The van der Waals surface area contributed by atoms with Gasteiger partial charge in [0.05, 0.1) is 28.3 Å². The molecule has 166 valence electrons. The molecule has 3 fully saturated rings. The zero-order valence-corrected chi connectivity index (χ0v) is 18.6. The number of piperazine rings is 1. The minimum Gasteiger partial charge on any atom is -0.370 e. The van der Waals surface area contributed by atoms with Crippen molar-refractivity contribution in [3.63, 3.8) is 0 Å². The monoisotopic (exact) mass is 431 g/mol. The molecule has 3 heterocycles. The molecule has 1 aromatic heterocycles. The van der Waals surface area contributed by atoms with Gasteiger partial charge in [-0.2, -0.15) is 5.26 Å². The fourth-order valence-corrected chi connectivity index (χ4v) is 4.85. The molecule has 0 spiro atoms. The predicted octanol–water partition coefficient (Wildman–Crippen LogP) is 3.06. The maximum Gasteiger partial charge on any atom is 0.257 e. The van der Waals surface area contributed by atoms with Crippen LogP contribution in [-0.4, -0.2) is 65.9 Å². The van der Waals surface area contributed by atoms with E-state index in [2.05, 4.69) is 16.0 Å². The SMILES string of the molecule is CC1(C#N)CCN(c2c(C(=O)N3CCN(C(=O)C4CC4)CC3)cnc3ccccc23)CC1. The standard InChI is InChI=1S/C25H29N5O2/c1-25(17-26)8-10-28(11-9-25)22-19-4-2-3-5-21(19)27-16-20(22)24(32)30-14-12-29(13-15-30)23(31)18-6-7-18/h2-5,16,18H,6-15H2,1H3. The second-order valence-electron chi connectivity index (χ2n) is 9.59. The molecule has 0 atom stereocenters. The van der Waals surface area contributed by atoms with Gasteiger partial charge in [0.25, 0.3) is 5.91 Å². The van der Waals surface area contributed by atoms with Crippen molar-refractivity contribution < 1.29 is 9.59 Å². The summed E-state index contributed by atoms with van der Waals surface area (Å²) < 4.78 is 0. The molecule has 2 aliphatic heterocycles. The number of nitriles is 1. The lowest BCUT2D eigenvalue weighted by atomic mass is 9.81. The van der Waals surface area contributed by atoms with Gasteiger partial charge >= 0.3 is 0 Å². The second kappa shape index (κ2) is 8.09. The van der Waals surface area contributed by atoms with E-state index in [0.717, 1.165) is 55.4 Å². The molecular formula is C25H29N5O2. The molecule has 5 rings (SSSR count). The van der Waals surface area contributed by atoms with Crippen LogP contribution in [0.25, 0.3) is 10.9 Å². The summed E-state index contributed by atoms with van der Waals surface area (Å²) in [6, 6.07) is 10.4. The molecule has 3 aliphatic rings. The summed E-state index contributed by atoms with van der Waals surface area (Å²) in [5.74, 6) is 0.441. The summed E-state index contributed by atoms with van der Waals surface area (Å²) >= 11 is 0. The number of carbonyl (C=O) groups is 2. The second-order valence-corrected chi connectivity index (χ2v) is 9.59. The fourth-order valence-electron chi connectivity index (χ4n) is 4.85. The Kier molecular flexibility index (Phi) is 5.24. The van der Waals surface area contributed by atoms with Crippen LogP contribution in [0.1, 0.15) is 43.0 Å². The number of rotatable bonds is 3. The van der Waals surface area contributed by atoms with Crippen molar-refractivity contribution in [2.24, 2.45) is 11.3 Å². The summed E-state index contributed by atoms with van der Waals surface area (Å²) in [4.78, 5) is 36.6. The number of carbonyl (C=O) groups excluding carboxylic acids is 2. The summed E-state index contributed by atoms with van der Waals surface area (Å²) in [5.41, 5.74) is 2.10. The first-order valence-corrected chi connectivity index (χ1v) is 11.6. The van der Waals surface area contributed by atoms with Crippen LogP contribution in [0.5, 0.6) is 0 Å². The predicted molar refractivity (Wildman–Crippen MR) is 122 cm³/mol. The van der Waals surface area contributed by atoms with Gasteiger partial charge in [0.2, 0.25) is 5.91 Å². The molecule has 2 aromatic rings. The summed E-state index contributed by atoms with van der Waals surface area (Å²) in [6.45, 7) is 5.79. The summed E-state index contributed by atoms with van der Waals surface area (Å²) in [7, 11) is 0. The van der Waals surface area contributed by atoms with Gasteiger partial charge in [-0.05, 0) is 38.7 Å². The highest BCUT2D eigenvalue weighted by Gasteiger charge is 2.36. The van der Waals surface area contributed by atoms with Crippen LogP contribution in [0.3, 0.4) is 0 Å². The van der Waals surface area contributed by atoms with Gasteiger partial charge in [0, 0.05) is 56.8 Å². The molecule has 7 nitrogen and oxygen atoms in total. The zero-order chi connectivity index (χ0) is 22.3. The molecule has 0 bridgehead atoms. The third kappa shape index (κ3) is 3.79. The zero-order valence-electron chi connectivity index (χ0n) is 18.6. The van der Waals surface area contributed by atoms with E-state index in [1.807, 2.05) is 41.0 Å². The normalized spacial score (nSPS) is 20.8. The van der Waals surface area contributed by atoms with Crippen molar-refractivity contribution in [3.8, 4) is 6.07 Å². The number of hydrogen-bond donors (Lipinski definition) is 0. The number of aromatic nitrogens is 1. The maximum atomic E-state index is 13.6. The Balaban J connectivity index is 1.41. The first kappa shape index (κ1) is 20.7. The molecule has 1 saturated carbocycles. The number of pyridine rings is 1. The molecular weight excluding hydrogens is 402 g/mol. The van der Waals surface area contributed by atoms with Gasteiger partial charge in [-0.1, -0.05) is 18.2 Å². The smallest absolute Gasteiger partial charge is 0.257 e. The quantitative estimate of drug-likeness (QED) is 0.746. The Hall–Kier alpha value is -3.14. The van der Waals surface area contributed by atoms with E-state index in [1.54, 1.807) is 6.20 Å². The summed E-state index contributed by atoms with van der Waals surface area (Å²) in [6.07, 6.45) is 5.26. The molecule has 1 aliphatic carbocycles. The van der Waals surface area contributed by atoms with E-state index >= 15 is 0 Å². The van der Waals surface area contributed by atoms with Gasteiger partial charge < -0.3 is 14.7 Å². The number of piperidine rings is 1. The number of benzene rings is 1. The number of nitrogens with zero attached hydrogens (tertiary/aromatic N) is 5. The van der Waals surface area contributed by atoms with Crippen LogP contribution in [0.4, 0.5) is 5.69 Å². The number of anilines is 1. The van der Waals surface area contributed by atoms with E-state index < -0.39 is 0 Å². The molecule has 2 saturated heterocycles. The third-order valence-electron chi connectivity index (χ3n) is 7.24. The molecule has 0 N–H and O–H groups in total. The minimum atomic E-state index is -0.312. The topological polar surface area (TPSA) is 80.5 Å². The van der Waals surface area contributed by atoms with Gasteiger partial charge in [0.15, 0.2) is 0 Å². The fraction of sp³-hybridized carbons (Fsp3) is 0.520. The Labute approximate surface area is 188 Å². The van der Waals surface area contributed by atoms with Crippen molar-refractivity contribution >= 4 is 28.4 Å². The Morgan fingerprint density at radius 3 is 2.34 bits per heavy atom. The molecule has 2 amide bonds. The van der Waals surface area contributed by atoms with Crippen molar-refractivity contribution in [1.82, 2.24) is 14.8 Å². The van der Waals surface area contributed by atoms with Crippen molar-refractivity contribution in [2.75, 3.05) is 44.2 Å². The van der Waals surface area contributed by atoms with Crippen LogP contribution < -0.4 is 4.90 Å².